The number of amides is 2. The van der Waals surface area contributed by atoms with Crippen molar-refractivity contribution in [2.75, 3.05) is 25.5 Å². The highest BCUT2D eigenvalue weighted by atomic mass is 16.5. The lowest BCUT2D eigenvalue weighted by atomic mass is 9.91. The van der Waals surface area contributed by atoms with Gasteiger partial charge in [-0.15, -0.1) is 0 Å². The molecule has 6 heteroatoms. The van der Waals surface area contributed by atoms with E-state index >= 15 is 0 Å². The van der Waals surface area contributed by atoms with Crippen molar-refractivity contribution in [1.29, 1.82) is 0 Å². The lowest BCUT2D eigenvalue weighted by Crippen LogP contribution is -2.42. The summed E-state index contributed by atoms with van der Waals surface area (Å²) in [5.74, 6) is 1.38. The van der Waals surface area contributed by atoms with E-state index in [4.69, 9.17) is 4.74 Å². The van der Waals surface area contributed by atoms with E-state index in [0.29, 0.717) is 11.6 Å². The molecule has 0 unspecified atom stereocenters. The number of piperidine rings is 1. The van der Waals surface area contributed by atoms with Gasteiger partial charge in [0.25, 0.3) is 0 Å². The molecule has 2 heterocycles. The zero-order valence-electron chi connectivity index (χ0n) is 13.3. The molecule has 0 radical (unpaired) electrons. The van der Waals surface area contributed by atoms with E-state index in [9.17, 15) is 4.79 Å². The van der Waals surface area contributed by atoms with Crippen LogP contribution in [0.5, 0.6) is 5.75 Å². The summed E-state index contributed by atoms with van der Waals surface area (Å²) in [7, 11) is 1.70. The van der Waals surface area contributed by atoms with E-state index in [0.717, 1.165) is 38.1 Å². The smallest absolute Gasteiger partial charge is 0.321 e. The van der Waals surface area contributed by atoms with Crippen LogP contribution in [0.15, 0.2) is 36.7 Å². The standard InChI is InChI=1S/C17H22N4O2/c1-23-16-7-3-2-6-14(16)9-13-5-4-8-21(12-13)17(22)20-15-10-18-19-11-15/h2-3,6-7,10-11,13H,4-5,8-9,12H2,1H3,(H,18,19)(H,20,22)/t13-/m0/s1. The van der Waals surface area contributed by atoms with Crippen LogP contribution in [0, 0.1) is 5.92 Å². The molecular formula is C17H22N4O2. The maximum absolute atomic E-state index is 12.3. The molecule has 6 nitrogen and oxygen atoms in total. The van der Waals surface area contributed by atoms with Gasteiger partial charge in [0.2, 0.25) is 0 Å². The van der Waals surface area contributed by atoms with Crippen LogP contribution in [0.1, 0.15) is 18.4 Å². The Morgan fingerprint density at radius 1 is 1.48 bits per heavy atom. The Kier molecular flexibility index (Phi) is 4.80. The minimum Gasteiger partial charge on any atom is -0.496 e. The van der Waals surface area contributed by atoms with Gasteiger partial charge in [-0.2, -0.15) is 5.10 Å². The van der Waals surface area contributed by atoms with Crippen molar-refractivity contribution in [3.8, 4) is 5.75 Å². The van der Waals surface area contributed by atoms with Crippen LogP contribution in [-0.4, -0.2) is 41.3 Å². The number of rotatable bonds is 4. The number of nitrogens with zero attached hydrogens (tertiary/aromatic N) is 2. The lowest BCUT2D eigenvalue weighted by Gasteiger charge is -2.33. The number of aromatic nitrogens is 2. The number of methoxy groups -OCH3 is 1. The highest BCUT2D eigenvalue weighted by Crippen LogP contribution is 2.26. The maximum atomic E-state index is 12.3. The molecule has 1 aromatic carbocycles. The second-order valence-corrected chi connectivity index (χ2v) is 5.89. The SMILES string of the molecule is COc1ccccc1C[C@@H]1CCCN(C(=O)Nc2cn[nH]c2)C1. The number of likely N-dealkylation sites (tertiary alicyclic amines) is 1. The molecule has 23 heavy (non-hydrogen) atoms. The van der Waals surface area contributed by atoms with Crippen molar-refractivity contribution in [2.24, 2.45) is 5.92 Å². The third-order valence-electron chi connectivity index (χ3n) is 4.26. The number of carbonyl (C=O) groups excluding carboxylic acids is 1. The number of hydrogen-bond donors (Lipinski definition) is 2. The lowest BCUT2D eigenvalue weighted by molar-refractivity contribution is 0.177. The van der Waals surface area contributed by atoms with Gasteiger partial charge in [-0.05, 0) is 36.8 Å². The average molecular weight is 314 g/mol. The molecule has 1 aromatic heterocycles. The molecule has 3 rings (SSSR count). The predicted molar refractivity (Wildman–Crippen MR) is 88.6 cm³/mol. The molecule has 2 N–H and O–H groups in total. The molecule has 122 valence electrons. The maximum Gasteiger partial charge on any atom is 0.321 e. The quantitative estimate of drug-likeness (QED) is 0.911. The summed E-state index contributed by atoms with van der Waals surface area (Å²) < 4.78 is 5.43. The van der Waals surface area contributed by atoms with E-state index in [1.54, 1.807) is 19.5 Å². The summed E-state index contributed by atoms with van der Waals surface area (Å²) in [6.07, 6.45) is 6.37. The van der Waals surface area contributed by atoms with Crippen LogP contribution < -0.4 is 10.1 Å². The van der Waals surface area contributed by atoms with Crippen molar-refractivity contribution in [2.45, 2.75) is 19.3 Å². The van der Waals surface area contributed by atoms with Crippen LogP contribution in [-0.2, 0) is 6.42 Å². The number of anilines is 1. The van der Waals surface area contributed by atoms with E-state index in [1.165, 1.54) is 5.56 Å². The van der Waals surface area contributed by atoms with E-state index in [1.807, 2.05) is 23.1 Å². The number of carbonyl (C=O) groups is 1. The molecule has 1 fully saturated rings. The highest BCUT2D eigenvalue weighted by Gasteiger charge is 2.24. The van der Waals surface area contributed by atoms with Gasteiger partial charge in [-0.1, -0.05) is 18.2 Å². The molecule has 1 atom stereocenters. The zero-order chi connectivity index (χ0) is 16.1. The van der Waals surface area contributed by atoms with Gasteiger partial charge < -0.3 is 15.0 Å². The Hall–Kier alpha value is -2.50. The summed E-state index contributed by atoms with van der Waals surface area (Å²) in [6.45, 7) is 1.56. The van der Waals surface area contributed by atoms with Gasteiger partial charge in [0.15, 0.2) is 0 Å². The van der Waals surface area contributed by atoms with Gasteiger partial charge in [0, 0.05) is 19.3 Å². The Bertz CT molecular complexity index is 642. The number of aromatic amines is 1. The normalized spacial score (nSPS) is 17.8. The number of ether oxygens (including phenoxy) is 1. The number of nitrogens with one attached hydrogen (secondary N) is 2. The first-order chi connectivity index (χ1) is 11.3. The summed E-state index contributed by atoms with van der Waals surface area (Å²) in [5, 5.41) is 9.40. The Labute approximate surface area is 135 Å². The first kappa shape index (κ1) is 15.4. The Morgan fingerprint density at radius 2 is 2.35 bits per heavy atom. The molecule has 0 bridgehead atoms. The van der Waals surface area contributed by atoms with E-state index in [-0.39, 0.29) is 6.03 Å². The second-order valence-electron chi connectivity index (χ2n) is 5.89. The van der Waals surface area contributed by atoms with E-state index < -0.39 is 0 Å². The molecular weight excluding hydrogens is 292 g/mol. The van der Waals surface area contributed by atoms with Crippen LogP contribution in [0.3, 0.4) is 0 Å². The van der Waals surface area contributed by atoms with Crippen LogP contribution in [0.25, 0.3) is 0 Å². The van der Waals surface area contributed by atoms with Crippen molar-refractivity contribution in [3.05, 3.63) is 42.2 Å². The summed E-state index contributed by atoms with van der Waals surface area (Å²) in [4.78, 5) is 14.2. The number of para-hydroxylation sites is 1. The first-order valence-electron chi connectivity index (χ1n) is 7.93. The van der Waals surface area contributed by atoms with Gasteiger partial charge in [-0.3, -0.25) is 5.10 Å². The Morgan fingerprint density at radius 3 is 3.13 bits per heavy atom. The van der Waals surface area contributed by atoms with Crippen LogP contribution in [0.4, 0.5) is 10.5 Å². The second kappa shape index (κ2) is 7.17. The minimum absolute atomic E-state index is 0.0591. The van der Waals surface area contributed by atoms with Gasteiger partial charge in [-0.25, -0.2) is 4.79 Å². The summed E-state index contributed by atoms with van der Waals surface area (Å²) in [6, 6.07) is 8.04. The van der Waals surface area contributed by atoms with Crippen molar-refractivity contribution in [3.63, 3.8) is 0 Å². The minimum atomic E-state index is -0.0591. The van der Waals surface area contributed by atoms with E-state index in [2.05, 4.69) is 21.6 Å². The van der Waals surface area contributed by atoms with Crippen molar-refractivity contribution in [1.82, 2.24) is 15.1 Å². The fourth-order valence-electron chi connectivity index (χ4n) is 3.12. The molecule has 1 aliphatic rings. The molecule has 0 saturated carbocycles. The number of urea groups is 1. The molecule has 2 amide bonds. The topological polar surface area (TPSA) is 70.2 Å². The largest absolute Gasteiger partial charge is 0.496 e. The Balaban J connectivity index is 1.60. The molecule has 2 aromatic rings. The monoisotopic (exact) mass is 314 g/mol. The number of H-pyrrole nitrogens is 1. The van der Waals surface area contributed by atoms with Gasteiger partial charge in [0.05, 0.1) is 19.0 Å². The summed E-state index contributed by atoms with van der Waals surface area (Å²) in [5.41, 5.74) is 1.90. The predicted octanol–water partition coefficient (Wildman–Crippen LogP) is 2.90. The van der Waals surface area contributed by atoms with Crippen molar-refractivity contribution >= 4 is 11.7 Å². The van der Waals surface area contributed by atoms with Crippen LogP contribution in [0.2, 0.25) is 0 Å². The highest BCUT2D eigenvalue weighted by molar-refractivity contribution is 5.89. The number of hydrogen-bond acceptors (Lipinski definition) is 3. The summed E-state index contributed by atoms with van der Waals surface area (Å²) >= 11 is 0. The average Bonchev–Trinajstić information content (AvgIpc) is 3.08. The first-order valence-corrected chi connectivity index (χ1v) is 7.93. The molecule has 1 aliphatic heterocycles. The fourth-order valence-corrected chi connectivity index (χ4v) is 3.12. The van der Waals surface area contributed by atoms with Crippen LogP contribution >= 0.6 is 0 Å². The third-order valence-corrected chi connectivity index (χ3v) is 4.26. The molecule has 0 aliphatic carbocycles. The molecule has 1 saturated heterocycles. The van der Waals surface area contributed by atoms with Gasteiger partial charge in [0.1, 0.15) is 5.75 Å². The fraction of sp³-hybridized carbons (Fsp3) is 0.412. The van der Waals surface area contributed by atoms with Gasteiger partial charge >= 0.3 is 6.03 Å². The number of benzene rings is 1. The molecule has 0 spiro atoms. The third kappa shape index (κ3) is 3.83. The van der Waals surface area contributed by atoms with Crippen molar-refractivity contribution < 1.29 is 9.53 Å². The zero-order valence-corrected chi connectivity index (χ0v) is 13.3.